The highest BCUT2D eigenvalue weighted by Gasteiger charge is 2.19. The maximum Gasteiger partial charge on any atom is 0.338 e. The molecule has 8 heteroatoms. The molecular formula is C25H23FN2O5. The number of anilines is 1. The third-order valence-corrected chi connectivity index (χ3v) is 4.67. The van der Waals surface area contributed by atoms with Crippen molar-refractivity contribution in [2.75, 3.05) is 18.1 Å². The Hall–Kier alpha value is -4.20. The number of hydrogen-bond donors (Lipinski definition) is 1. The van der Waals surface area contributed by atoms with Crippen molar-refractivity contribution in [3.05, 3.63) is 95.8 Å². The lowest BCUT2D eigenvalue weighted by Gasteiger charge is -2.22. The van der Waals surface area contributed by atoms with Gasteiger partial charge in [0.05, 0.1) is 5.56 Å². The van der Waals surface area contributed by atoms with Crippen molar-refractivity contribution in [2.24, 2.45) is 5.73 Å². The summed E-state index contributed by atoms with van der Waals surface area (Å²) in [6.45, 7) is -0.255. The van der Waals surface area contributed by atoms with Gasteiger partial charge in [0.25, 0.3) is 5.91 Å². The summed E-state index contributed by atoms with van der Waals surface area (Å²) < 4.78 is 24.1. The number of carbonyl (C=O) groups excluding carboxylic acids is 3. The smallest absolute Gasteiger partial charge is 0.338 e. The van der Waals surface area contributed by atoms with Crippen LogP contribution < -0.4 is 15.4 Å². The minimum atomic E-state index is -0.706. The third kappa shape index (κ3) is 7.17. The predicted molar refractivity (Wildman–Crippen MR) is 120 cm³/mol. The number of hydrogen-bond acceptors (Lipinski definition) is 5. The van der Waals surface area contributed by atoms with E-state index < -0.39 is 30.2 Å². The maximum absolute atomic E-state index is 13.2. The van der Waals surface area contributed by atoms with Gasteiger partial charge in [-0.25, -0.2) is 9.18 Å². The van der Waals surface area contributed by atoms with Gasteiger partial charge in [-0.05, 0) is 48.0 Å². The van der Waals surface area contributed by atoms with E-state index in [1.165, 1.54) is 35.2 Å². The quantitative estimate of drug-likeness (QED) is 0.477. The Kier molecular flexibility index (Phi) is 8.13. The zero-order valence-corrected chi connectivity index (χ0v) is 17.8. The van der Waals surface area contributed by atoms with Crippen LogP contribution in [0.25, 0.3) is 0 Å². The van der Waals surface area contributed by atoms with E-state index in [0.717, 1.165) is 5.56 Å². The van der Waals surface area contributed by atoms with E-state index in [1.807, 2.05) is 30.3 Å². The molecular weight excluding hydrogens is 427 g/mol. The Labute approximate surface area is 190 Å². The molecule has 0 atom stereocenters. The molecule has 0 aliphatic heterocycles. The van der Waals surface area contributed by atoms with Gasteiger partial charge in [0.15, 0.2) is 6.61 Å². The molecule has 0 spiro atoms. The van der Waals surface area contributed by atoms with Gasteiger partial charge in [-0.15, -0.1) is 0 Å². The fraction of sp³-hybridized carbons (Fsp3) is 0.160. The lowest BCUT2D eigenvalue weighted by molar-refractivity contribution is -0.121. The molecule has 3 aromatic rings. The van der Waals surface area contributed by atoms with Crippen LogP contribution in [0.5, 0.6) is 5.75 Å². The molecule has 0 saturated carbocycles. The first kappa shape index (κ1) is 23.5. The number of esters is 1. The molecule has 0 aromatic heterocycles. The van der Waals surface area contributed by atoms with Gasteiger partial charge < -0.3 is 20.1 Å². The third-order valence-electron chi connectivity index (χ3n) is 4.67. The van der Waals surface area contributed by atoms with Gasteiger partial charge in [-0.3, -0.25) is 9.59 Å². The van der Waals surface area contributed by atoms with Gasteiger partial charge in [-0.2, -0.15) is 0 Å². The first-order valence-electron chi connectivity index (χ1n) is 10.2. The van der Waals surface area contributed by atoms with E-state index >= 15 is 0 Å². The monoisotopic (exact) mass is 450 g/mol. The van der Waals surface area contributed by atoms with Crippen LogP contribution in [-0.2, 0) is 20.9 Å². The summed E-state index contributed by atoms with van der Waals surface area (Å²) in [5.41, 5.74) is 6.74. The van der Waals surface area contributed by atoms with E-state index in [2.05, 4.69) is 0 Å². The summed E-state index contributed by atoms with van der Waals surface area (Å²) in [5.74, 6) is -1.87. The van der Waals surface area contributed by atoms with Crippen LogP contribution >= 0.6 is 0 Å². The standard InChI is InChI=1S/C25H23FN2O5/c26-20-9-11-21(12-10-20)28(14-13-23(27)29)24(30)17-33-25(31)19-7-4-8-22(15-19)32-16-18-5-2-1-3-6-18/h1-12,15H,13-14,16-17H2,(H2,27,29). The fourth-order valence-electron chi connectivity index (χ4n) is 2.98. The Morgan fingerprint density at radius 3 is 2.33 bits per heavy atom. The number of primary amides is 1. The molecule has 0 heterocycles. The Balaban J connectivity index is 1.61. The molecule has 170 valence electrons. The van der Waals surface area contributed by atoms with Crippen molar-refractivity contribution in [3.63, 3.8) is 0 Å². The summed E-state index contributed by atoms with van der Waals surface area (Å²) in [5, 5.41) is 0. The van der Waals surface area contributed by atoms with Crippen molar-refractivity contribution < 1.29 is 28.2 Å². The van der Waals surface area contributed by atoms with Gasteiger partial charge in [0, 0.05) is 18.7 Å². The second-order valence-electron chi connectivity index (χ2n) is 7.12. The first-order valence-corrected chi connectivity index (χ1v) is 10.2. The minimum Gasteiger partial charge on any atom is -0.489 e. The summed E-state index contributed by atoms with van der Waals surface area (Å²) >= 11 is 0. The molecule has 0 fully saturated rings. The van der Waals surface area contributed by atoms with Crippen molar-refractivity contribution in [1.82, 2.24) is 0 Å². The van der Waals surface area contributed by atoms with E-state index in [1.54, 1.807) is 18.2 Å². The highest BCUT2D eigenvalue weighted by Crippen LogP contribution is 2.18. The number of halogens is 1. The molecule has 0 unspecified atom stereocenters. The Morgan fingerprint density at radius 2 is 1.64 bits per heavy atom. The zero-order chi connectivity index (χ0) is 23.6. The Bertz CT molecular complexity index is 1100. The largest absolute Gasteiger partial charge is 0.489 e. The van der Waals surface area contributed by atoms with Crippen molar-refractivity contribution in [2.45, 2.75) is 13.0 Å². The molecule has 33 heavy (non-hydrogen) atoms. The van der Waals surface area contributed by atoms with E-state index in [0.29, 0.717) is 18.0 Å². The first-order chi connectivity index (χ1) is 15.9. The second-order valence-corrected chi connectivity index (χ2v) is 7.12. The van der Waals surface area contributed by atoms with Crippen LogP contribution in [0, 0.1) is 5.82 Å². The number of carbonyl (C=O) groups is 3. The molecule has 2 amide bonds. The van der Waals surface area contributed by atoms with Crippen LogP contribution in [0.1, 0.15) is 22.3 Å². The predicted octanol–water partition coefficient (Wildman–Crippen LogP) is 3.47. The lowest BCUT2D eigenvalue weighted by Crippen LogP contribution is -2.37. The van der Waals surface area contributed by atoms with Crippen LogP contribution in [0.2, 0.25) is 0 Å². The number of amides is 2. The highest BCUT2D eigenvalue weighted by atomic mass is 19.1. The van der Waals surface area contributed by atoms with Crippen molar-refractivity contribution >= 4 is 23.5 Å². The van der Waals surface area contributed by atoms with Gasteiger partial charge in [0.2, 0.25) is 5.91 Å². The summed E-state index contributed by atoms with van der Waals surface area (Å²) in [4.78, 5) is 37.5. The van der Waals surface area contributed by atoms with Crippen LogP contribution in [0.3, 0.4) is 0 Å². The molecule has 7 nitrogen and oxygen atoms in total. The number of nitrogens with zero attached hydrogens (tertiary/aromatic N) is 1. The molecule has 2 N–H and O–H groups in total. The van der Waals surface area contributed by atoms with Gasteiger partial charge >= 0.3 is 5.97 Å². The molecule has 0 aliphatic rings. The van der Waals surface area contributed by atoms with Crippen molar-refractivity contribution in [1.29, 1.82) is 0 Å². The molecule has 3 aromatic carbocycles. The minimum absolute atomic E-state index is 0.0276. The fourth-order valence-corrected chi connectivity index (χ4v) is 2.98. The number of nitrogens with two attached hydrogens (primary N) is 1. The Morgan fingerprint density at radius 1 is 0.909 bits per heavy atom. The average Bonchev–Trinajstić information content (AvgIpc) is 2.83. The van der Waals surface area contributed by atoms with E-state index in [9.17, 15) is 18.8 Å². The van der Waals surface area contributed by atoms with E-state index in [4.69, 9.17) is 15.2 Å². The average molecular weight is 450 g/mol. The lowest BCUT2D eigenvalue weighted by atomic mass is 10.2. The van der Waals surface area contributed by atoms with Crippen LogP contribution in [0.4, 0.5) is 10.1 Å². The van der Waals surface area contributed by atoms with Crippen molar-refractivity contribution in [3.8, 4) is 5.75 Å². The van der Waals surface area contributed by atoms with Crippen LogP contribution in [0.15, 0.2) is 78.9 Å². The topological polar surface area (TPSA) is 98.9 Å². The van der Waals surface area contributed by atoms with Gasteiger partial charge in [0.1, 0.15) is 18.2 Å². The molecule has 0 aliphatic carbocycles. The molecule has 0 saturated heterocycles. The van der Waals surface area contributed by atoms with Crippen LogP contribution in [-0.4, -0.2) is 30.9 Å². The second kappa shape index (κ2) is 11.4. The normalized spacial score (nSPS) is 10.3. The number of benzene rings is 3. The highest BCUT2D eigenvalue weighted by molar-refractivity contribution is 5.97. The summed E-state index contributed by atoms with van der Waals surface area (Å²) in [6.07, 6.45) is -0.0993. The van der Waals surface area contributed by atoms with E-state index in [-0.39, 0.29) is 18.5 Å². The molecule has 3 rings (SSSR count). The zero-order valence-electron chi connectivity index (χ0n) is 17.8. The summed E-state index contributed by atoms with van der Waals surface area (Å²) in [6, 6.07) is 21.2. The summed E-state index contributed by atoms with van der Waals surface area (Å²) in [7, 11) is 0. The molecule has 0 radical (unpaired) electrons. The van der Waals surface area contributed by atoms with Gasteiger partial charge in [-0.1, -0.05) is 36.4 Å². The SMILES string of the molecule is NC(=O)CCN(C(=O)COC(=O)c1cccc(OCc2ccccc2)c1)c1ccc(F)cc1. The number of rotatable bonds is 10. The molecule has 0 bridgehead atoms. The maximum atomic E-state index is 13.2. The number of ether oxygens (including phenoxy) is 2.